The Morgan fingerprint density at radius 1 is 1.33 bits per heavy atom. The topological polar surface area (TPSA) is 49.6 Å². The second kappa shape index (κ2) is 6.69. The van der Waals surface area contributed by atoms with Gasteiger partial charge in [-0.05, 0) is 50.9 Å². The minimum Gasteiger partial charge on any atom is -0.462 e. The molecule has 2 aromatic rings. The number of nitrogens with zero attached hydrogens (tertiary/aromatic N) is 3. The Balaban J connectivity index is 1.53. The fourth-order valence-corrected chi connectivity index (χ4v) is 4.99. The summed E-state index contributed by atoms with van der Waals surface area (Å²) in [6, 6.07) is 4.60. The fraction of sp³-hybridized carbons (Fsp3) is 0.556. The van der Waals surface area contributed by atoms with Crippen molar-refractivity contribution in [3.05, 3.63) is 29.5 Å². The van der Waals surface area contributed by atoms with Crippen molar-refractivity contribution in [1.29, 1.82) is 0 Å². The zero-order valence-corrected chi connectivity index (χ0v) is 14.8. The van der Waals surface area contributed by atoms with Gasteiger partial charge >= 0.3 is 0 Å². The van der Waals surface area contributed by atoms with E-state index in [0.717, 1.165) is 36.7 Å². The van der Waals surface area contributed by atoms with Gasteiger partial charge in [-0.25, -0.2) is 4.98 Å². The molecule has 6 heteroatoms. The zero-order chi connectivity index (χ0) is 16.5. The molecule has 0 N–H and O–H groups in total. The van der Waals surface area contributed by atoms with Crippen molar-refractivity contribution >= 4 is 17.2 Å². The van der Waals surface area contributed by atoms with Crippen LogP contribution in [0.5, 0.6) is 0 Å². The molecule has 0 radical (unpaired) electrons. The highest BCUT2D eigenvalue weighted by atomic mass is 32.1. The van der Waals surface area contributed by atoms with Gasteiger partial charge in [0.05, 0.1) is 12.5 Å². The van der Waals surface area contributed by atoms with Crippen LogP contribution >= 0.6 is 11.3 Å². The third-order valence-electron chi connectivity index (χ3n) is 5.27. The number of amides is 1. The smallest absolute Gasteiger partial charge is 0.265 e. The minimum atomic E-state index is 0.135. The number of likely N-dealkylation sites (tertiary alicyclic amines) is 2. The molecule has 2 saturated heterocycles. The van der Waals surface area contributed by atoms with E-state index in [1.54, 1.807) is 12.5 Å². The van der Waals surface area contributed by atoms with Crippen LogP contribution in [0.1, 0.15) is 42.3 Å². The van der Waals surface area contributed by atoms with Crippen molar-refractivity contribution in [2.24, 2.45) is 0 Å². The first kappa shape index (κ1) is 15.8. The lowest BCUT2D eigenvalue weighted by Crippen LogP contribution is -2.48. The molecule has 0 bridgehead atoms. The lowest BCUT2D eigenvalue weighted by molar-refractivity contribution is 0.0654. The Bertz CT molecular complexity index is 697. The molecule has 2 aliphatic rings. The average molecular weight is 345 g/mol. The zero-order valence-electron chi connectivity index (χ0n) is 14.0. The maximum Gasteiger partial charge on any atom is 0.265 e. The summed E-state index contributed by atoms with van der Waals surface area (Å²) in [6.07, 6.45) is 8.02. The van der Waals surface area contributed by atoms with Crippen LogP contribution in [-0.2, 0) is 0 Å². The van der Waals surface area contributed by atoms with Gasteiger partial charge in [0.1, 0.15) is 4.88 Å². The largest absolute Gasteiger partial charge is 0.462 e. The summed E-state index contributed by atoms with van der Waals surface area (Å²) in [6.45, 7) is 5.33. The average Bonchev–Trinajstić information content (AvgIpc) is 3.41. The normalized spacial score (nSPS) is 24.8. The quantitative estimate of drug-likeness (QED) is 0.851. The Morgan fingerprint density at radius 2 is 2.17 bits per heavy atom. The highest BCUT2D eigenvalue weighted by Gasteiger charge is 2.39. The highest BCUT2D eigenvalue weighted by molar-refractivity contribution is 7.16. The summed E-state index contributed by atoms with van der Waals surface area (Å²) >= 11 is 1.43. The van der Waals surface area contributed by atoms with Crippen molar-refractivity contribution in [3.63, 3.8) is 0 Å². The summed E-state index contributed by atoms with van der Waals surface area (Å²) in [4.78, 5) is 22.8. The van der Waals surface area contributed by atoms with Crippen LogP contribution in [0.2, 0.25) is 0 Å². The number of hydrogen-bond donors (Lipinski definition) is 0. The maximum atomic E-state index is 13.0. The van der Waals surface area contributed by atoms with Crippen LogP contribution in [0.3, 0.4) is 0 Å². The molecule has 1 amide bonds. The van der Waals surface area contributed by atoms with Crippen LogP contribution in [-0.4, -0.2) is 52.4 Å². The van der Waals surface area contributed by atoms with E-state index in [1.165, 1.54) is 30.7 Å². The van der Waals surface area contributed by atoms with E-state index in [2.05, 4.69) is 21.7 Å². The first-order chi connectivity index (χ1) is 11.8. The van der Waals surface area contributed by atoms with Crippen molar-refractivity contribution < 1.29 is 9.21 Å². The van der Waals surface area contributed by atoms with Crippen molar-refractivity contribution in [2.45, 2.75) is 44.7 Å². The van der Waals surface area contributed by atoms with E-state index in [0.29, 0.717) is 17.0 Å². The molecule has 2 aliphatic heterocycles. The van der Waals surface area contributed by atoms with E-state index in [-0.39, 0.29) is 5.91 Å². The number of aromatic nitrogens is 1. The molecule has 0 unspecified atom stereocenters. The fourth-order valence-electron chi connectivity index (χ4n) is 4.15. The third kappa shape index (κ3) is 2.78. The molecule has 5 nitrogen and oxygen atoms in total. The number of hydrogen-bond acceptors (Lipinski definition) is 5. The van der Waals surface area contributed by atoms with Crippen molar-refractivity contribution in [1.82, 2.24) is 14.8 Å². The van der Waals surface area contributed by atoms with E-state index >= 15 is 0 Å². The standard InChI is InChI=1S/C18H23N3O2S/c1-2-20-9-3-6-13(20)14-7-4-10-21(14)18(22)16-12-19-17(24-16)15-8-5-11-23-15/h5,8,11-14H,2-4,6-7,9-10H2,1H3/t13-,14+/m1/s1. The van der Waals surface area contributed by atoms with E-state index < -0.39 is 0 Å². The summed E-state index contributed by atoms with van der Waals surface area (Å²) < 4.78 is 5.39. The molecule has 24 heavy (non-hydrogen) atoms. The summed E-state index contributed by atoms with van der Waals surface area (Å²) in [5.74, 6) is 0.862. The molecule has 0 saturated carbocycles. The molecule has 2 atom stereocenters. The Kier molecular flexibility index (Phi) is 4.41. The van der Waals surface area contributed by atoms with Gasteiger partial charge < -0.3 is 9.32 Å². The molecular formula is C18H23N3O2S. The van der Waals surface area contributed by atoms with Gasteiger partial charge in [-0.15, -0.1) is 11.3 Å². The monoisotopic (exact) mass is 345 g/mol. The third-order valence-corrected chi connectivity index (χ3v) is 6.27. The lowest BCUT2D eigenvalue weighted by atomic mass is 10.0. The minimum absolute atomic E-state index is 0.135. The second-order valence-corrected chi connectivity index (χ2v) is 7.58. The molecule has 0 aromatic carbocycles. The van der Waals surface area contributed by atoms with E-state index in [1.807, 2.05) is 12.1 Å². The van der Waals surface area contributed by atoms with Gasteiger partial charge in [0.25, 0.3) is 5.91 Å². The molecule has 4 rings (SSSR count). The van der Waals surface area contributed by atoms with Gasteiger partial charge in [-0.1, -0.05) is 6.92 Å². The number of carbonyl (C=O) groups is 1. The second-order valence-electron chi connectivity index (χ2n) is 6.55. The molecule has 0 spiro atoms. The summed E-state index contributed by atoms with van der Waals surface area (Å²) in [7, 11) is 0. The SMILES string of the molecule is CCN1CCC[C@@H]1[C@@H]1CCCN1C(=O)c1cnc(-c2ccco2)s1. The Hall–Kier alpha value is -1.66. The lowest BCUT2D eigenvalue weighted by Gasteiger charge is -2.34. The van der Waals surface area contributed by atoms with Crippen molar-refractivity contribution in [3.8, 4) is 10.8 Å². The van der Waals surface area contributed by atoms with Gasteiger partial charge in [-0.2, -0.15) is 0 Å². The maximum absolute atomic E-state index is 13.0. The van der Waals surface area contributed by atoms with Gasteiger partial charge in [0.15, 0.2) is 10.8 Å². The molecule has 128 valence electrons. The van der Waals surface area contributed by atoms with Gasteiger partial charge in [-0.3, -0.25) is 9.69 Å². The first-order valence-corrected chi connectivity index (χ1v) is 9.64. The Morgan fingerprint density at radius 3 is 2.96 bits per heavy atom. The first-order valence-electron chi connectivity index (χ1n) is 8.82. The highest BCUT2D eigenvalue weighted by Crippen LogP contribution is 2.33. The molecule has 0 aliphatic carbocycles. The van der Waals surface area contributed by atoms with E-state index in [9.17, 15) is 4.79 Å². The van der Waals surface area contributed by atoms with Gasteiger partial charge in [0, 0.05) is 18.6 Å². The number of thiazole rings is 1. The molecule has 2 aromatic heterocycles. The number of furan rings is 1. The number of rotatable bonds is 4. The van der Waals surface area contributed by atoms with Gasteiger partial charge in [0.2, 0.25) is 0 Å². The summed E-state index contributed by atoms with van der Waals surface area (Å²) in [5, 5.41) is 0.773. The predicted octanol–water partition coefficient (Wildman–Crippen LogP) is 3.49. The molecule has 4 heterocycles. The predicted molar refractivity (Wildman–Crippen MR) is 94.1 cm³/mol. The Labute approximate surface area is 146 Å². The molecular weight excluding hydrogens is 322 g/mol. The molecule has 2 fully saturated rings. The van der Waals surface area contributed by atoms with E-state index in [4.69, 9.17) is 4.42 Å². The van der Waals surface area contributed by atoms with Crippen LogP contribution < -0.4 is 0 Å². The van der Waals surface area contributed by atoms with Crippen molar-refractivity contribution in [2.75, 3.05) is 19.6 Å². The summed E-state index contributed by atoms with van der Waals surface area (Å²) in [5.41, 5.74) is 0. The number of likely N-dealkylation sites (N-methyl/N-ethyl adjacent to an activating group) is 1. The van der Waals surface area contributed by atoms with Crippen LogP contribution in [0.25, 0.3) is 10.8 Å². The number of carbonyl (C=O) groups excluding carboxylic acids is 1. The van der Waals surface area contributed by atoms with Crippen LogP contribution in [0.4, 0.5) is 0 Å². The van der Waals surface area contributed by atoms with Crippen LogP contribution in [0.15, 0.2) is 29.0 Å². The van der Waals surface area contributed by atoms with Crippen LogP contribution in [0, 0.1) is 0 Å².